The van der Waals surface area contributed by atoms with Crippen molar-refractivity contribution in [3.63, 3.8) is 0 Å². The van der Waals surface area contributed by atoms with E-state index in [2.05, 4.69) is 0 Å². The second kappa shape index (κ2) is 5.57. The van der Waals surface area contributed by atoms with Gasteiger partial charge in [-0.3, -0.25) is 4.79 Å². The number of aldehydes is 1. The molecule has 0 atom stereocenters. The zero-order valence-electron chi connectivity index (χ0n) is 11.3. The highest BCUT2D eigenvalue weighted by molar-refractivity contribution is 5.83. The summed E-state index contributed by atoms with van der Waals surface area (Å²) >= 11 is 0. The summed E-state index contributed by atoms with van der Waals surface area (Å²) in [6.07, 6.45) is 0.843. The Labute approximate surface area is 112 Å². The number of aryl methyl sites for hydroxylation is 1. The fraction of sp³-hybridized carbons (Fsp3) is 0.188. The number of carbonyl (C=O) groups is 1. The molecule has 2 rings (SSSR count). The fourth-order valence-electron chi connectivity index (χ4n) is 2.10. The maximum Gasteiger partial charge on any atom is 0.168 e. The second-order valence-electron chi connectivity index (χ2n) is 4.23. The molecule has 0 spiro atoms. The van der Waals surface area contributed by atoms with Gasteiger partial charge in [0.1, 0.15) is 6.29 Å². The first-order chi connectivity index (χ1) is 9.21. The standard InChI is InChI=1S/C16H16O3/c1-11-7-8-12(10-17)9-14(11)13-5-4-6-15(18-2)16(13)19-3/h4-10H,1-3H3. The Morgan fingerprint density at radius 3 is 2.42 bits per heavy atom. The minimum atomic E-state index is 0.644. The maximum absolute atomic E-state index is 10.9. The van der Waals surface area contributed by atoms with Crippen molar-refractivity contribution < 1.29 is 14.3 Å². The van der Waals surface area contributed by atoms with Gasteiger partial charge in [-0.15, -0.1) is 0 Å². The number of ether oxygens (including phenoxy) is 2. The molecular formula is C16H16O3. The van der Waals surface area contributed by atoms with Gasteiger partial charge in [0.05, 0.1) is 14.2 Å². The van der Waals surface area contributed by atoms with Crippen LogP contribution in [0.5, 0.6) is 11.5 Å². The van der Waals surface area contributed by atoms with E-state index < -0.39 is 0 Å². The highest BCUT2D eigenvalue weighted by Crippen LogP contribution is 2.39. The molecule has 0 N–H and O–H groups in total. The Kier molecular flexibility index (Phi) is 3.85. The first-order valence-electron chi connectivity index (χ1n) is 5.98. The highest BCUT2D eigenvalue weighted by atomic mass is 16.5. The van der Waals surface area contributed by atoms with E-state index in [-0.39, 0.29) is 0 Å². The van der Waals surface area contributed by atoms with Crippen LogP contribution in [0.1, 0.15) is 15.9 Å². The summed E-state index contributed by atoms with van der Waals surface area (Å²) in [5.74, 6) is 1.35. The molecule has 2 aromatic rings. The molecule has 3 nitrogen and oxygen atoms in total. The predicted molar refractivity (Wildman–Crippen MR) is 75.1 cm³/mol. The van der Waals surface area contributed by atoms with Crippen molar-refractivity contribution in [2.75, 3.05) is 14.2 Å². The van der Waals surface area contributed by atoms with Gasteiger partial charge in [0.2, 0.25) is 0 Å². The summed E-state index contributed by atoms with van der Waals surface area (Å²) in [5.41, 5.74) is 3.62. The number of rotatable bonds is 4. The molecule has 0 aliphatic rings. The van der Waals surface area contributed by atoms with Gasteiger partial charge in [-0.25, -0.2) is 0 Å². The molecule has 0 aliphatic heterocycles. The monoisotopic (exact) mass is 256 g/mol. The Bertz CT molecular complexity index is 603. The van der Waals surface area contributed by atoms with Crippen molar-refractivity contribution in [3.8, 4) is 22.6 Å². The van der Waals surface area contributed by atoms with Crippen molar-refractivity contribution in [2.24, 2.45) is 0 Å². The Hall–Kier alpha value is -2.29. The zero-order valence-corrected chi connectivity index (χ0v) is 11.3. The highest BCUT2D eigenvalue weighted by Gasteiger charge is 2.13. The van der Waals surface area contributed by atoms with E-state index in [9.17, 15) is 4.79 Å². The molecular weight excluding hydrogens is 240 g/mol. The molecule has 98 valence electrons. The summed E-state index contributed by atoms with van der Waals surface area (Å²) in [6.45, 7) is 2.00. The van der Waals surface area contributed by atoms with E-state index >= 15 is 0 Å². The van der Waals surface area contributed by atoms with E-state index in [4.69, 9.17) is 9.47 Å². The lowest BCUT2D eigenvalue weighted by Crippen LogP contribution is -1.95. The van der Waals surface area contributed by atoms with Gasteiger partial charge in [-0.2, -0.15) is 0 Å². The van der Waals surface area contributed by atoms with E-state index in [0.29, 0.717) is 17.1 Å². The topological polar surface area (TPSA) is 35.5 Å². The van der Waals surface area contributed by atoms with Gasteiger partial charge in [-0.1, -0.05) is 24.3 Å². The van der Waals surface area contributed by atoms with Gasteiger partial charge in [0, 0.05) is 11.1 Å². The second-order valence-corrected chi connectivity index (χ2v) is 4.23. The Morgan fingerprint density at radius 2 is 1.79 bits per heavy atom. The molecule has 0 saturated carbocycles. The molecule has 0 radical (unpaired) electrons. The van der Waals surface area contributed by atoms with Crippen LogP contribution in [0.4, 0.5) is 0 Å². The zero-order chi connectivity index (χ0) is 13.8. The molecule has 0 unspecified atom stereocenters. The largest absolute Gasteiger partial charge is 0.493 e. The molecule has 0 aromatic heterocycles. The predicted octanol–water partition coefficient (Wildman–Crippen LogP) is 3.49. The Balaban J connectivity index is 2.67. The molecule has 0 aliphatic carbocycles. The lowest BCUT2D eigenvalue weighted by Gasteiger charge is -2.14. The number of hydrogen-bond donors (Lipinski definition) is 0. The third kappa shape index (κ3) is 2.45. The van der Waals surface area contributed by atoms with Crippen LogP contribution in [0.15, 0.2) is 36.4 Å². The quantitative estimate of drug-likeness (QED) is 0.785. The average molecular weight is 256 g/mol. The molecule has 3 heteroatoms. The van der Waals surface area contributed by atoms with Crippen LogP contribution < -0.4 is 9.47 Å². The first kappa shape index (κ1) is 13.1. The van der Waals surface area contributed by atoms with Crippen molar-refractivity contribution in [3.05, 3.63) is 47.5 Å². The van der Waals surface area contributed by atoms with Crippen LogP contribution in [-0.4, -0.2) is 20.5 Å². The third-order valence-corrected chi connectivity index (χ3v) is 3.09. The van der Waals surface area contributed by atoms with Crippen LogP contribution >= 0.6 is 0 Å². The van der Waals surface area contributed by atoms with Crippen LogP contribution in [0.3, 0.4) is 0 Å². The number of para-hydroxylation sites is 1. The van der Waals surface area contributed by atoms with Crippen LogP contribution in [-0.2, 0) is 0 Å². The van der Waals surface area contributed by atoms with Crippen LogP contribution in [0.25, 0.3) is 11.1 Å². The molecule has 0 saturated heterocycles. The van der Waals surface area contributed by atoms with Crippen molar-refractivity contribution in [1.29, 1.82) is 0 Å². The van der Waals surface area contributed by atoms with Gasteiger partial charge in [-0.05, 0) is 30.2 Å². The normalized spacial score (nSPS) is 10.1. The van der Waals surface area contributed by atoms with Gasteiger partial charge >= 0.3 is 0 Å². The average Bonchev–Trinajstić information content (AvgIpc) is 2.46. The minimum Gasteiger partial charge on any atom is -0.493 e. The van der Waals surface area contributed by atoms with Crippen LogP contribution in [0.2, 0.25) is 0 Å². The molecule has 0 amide bonds. The molecule has 2 aromatic carbocycles. The van der Waals surface area contributed by atoms with E-state index in [1.54, 1.807) is 20.3 Å². The minimum absolute atomic E-state index is 0.644. The number of hydrogen-bond acceptors (Lipinski definition) is 3. The SMILES string of the molecule is COc1cccc(-c2cc(C=O)ccc2C)c1OC. The summed E-state index contributed by atoms with van der Waals surface area (Å²) in [7, 11) is 3.22. The lowest BCUT2D eigenvalue weighted by atomic mass is 9.97. The molecule has 0 bridgehead atoms. The molecule has 0 heterocycles. The number of benzene rings is 2. The molecule has 19 heavy (non-hydrogen) atoms. The number of methoxy groups -OCH3 is 2. The fourth-order valence-corrected chi connectivity index (χ4v) is 2.10. The molecule has 0 fully saturated rings. The summed E-state index contributed by atoms with van der Waals surface area (Å²) in [6, 6.07) is 11.3. The van der Waals surface area contributed by atoms with Crippen LogP contribution in [0, 0.1) is 6.92 Å². The smallest absolute Gasteiger partial charge is 0.168 e. The Morgan fingerprint density at radius 1 is 1.00 bits per heavy atom. The van der Waals surface area contributed by atoms with E-state index in [1.807, 2.05) is 37.3 Å². The van der Waals surface area contributed by atoms with E-state index in [1.165, 1.54) is 0 Å². The van der Waals surface area contributed by atoms with Gasteiger partial charge in [0.25, 0.3) is 0 Å². The van der Waals surface area contributed by atoms with Gasteiger partial charge in [0.15, 0.2) is 11.5 Å². The van der Waals surface area contributed by atoms with Crippen molar-refractivity contribution >= 4 is 6.29 Å². The van der Waals surface area contributed by atoms with E-state index in [0.717, 1.165) is 23.0 Å². The third-order valence-electron chi connectivity index (χ3n) is 3.09. The summed E-state index contributed by atoms with van der Waals surface area (Å²) < 4.78 is 10.7. The van der Waals surface area contributed by atoms with Crippen molar-refractivity contribution in [1.82, 2.24) is 0 Å². The van der Waals surface area contributed by atoms with Crippen molar-refractivity contribution in [2.45, 2.75) is 6.92 Å². The first-order valence-corrected chi connectivity index (χ1v) is 5.98. The van der Waals surface area contributed by atoms with Gasteiger partial charge < -0.3 is 9.47 Å². The number of carbonyl (C=O) groups excluding carboxylic acids is 1. The lowest BCUT2D eigenvalue weighted by molar-refractivity contribution is 0.112. The summed E-state index contributed by atoms with van der Waals surface area (Å²) in [4.78, 5) is 10.9. The maximum atomic E-state index is 10.9. The summed E-state index contributed by atoms with van der Waals surface area (Å²) in [5, 5.41) is 0.